The molecule has 0 spiro atoms. The first-order valence-corrected chi connectivity index (χ1v) is 11.6. The lowest BCUT2D eigenvalue weighted by atomic mass is 9.62. The number of allylic oxidation sites excluding steroid dienone is 2. The fraction of sp³-hybridized carbons (Fsp3) is 0.375. The van der Waals surface area contributed by atoms with Crippen LogP contribution in [0.2, 0.25) is 0 Å². The summed E-state index contributed by atoms with van der Waals surface area (Å²) < 4.78 is 0. The molecule has 2 bridgehead atoms. The molecule has 6 nitrogen and oxygen atoms in total. The lowest BCUT2D eigenvalue weighted by Crippen LogP contribution is -2.47. The van der Waals surface area contributed by atoms with E-state index in [1.807, 2.05) is 47.9 Å². The van der Waals surface area contributed by atoms with Gasteiger partial charge in [0.15, 0.2) is 0 Å². The summed E-state index contributed by atoms with van der Waals surface area (Å²) >= 11 is 1.31. The van der Waals surface area contributed by atoms with Crippen molar-refractivity contribution in [2.75, 3.05) is 5.32 Å². The summed E-state index contributed by atoms with van der Waals surface area (Å²) in [6.07, 6.45) is 7.49. The van der Waals surface area contributed by atoms with E-state index < -0.39 is 17.8 Å². The average Bonchev–Trinajstić information content (AvgIpc) is 3.50. The van der Waals surface area contributed by atoms with Gasteiger partial charge >= 0.3 is 5.97 Å². The number of amides is 2. The molecule has 4 atom stereocenters. The standard InChI is InChI=1S/C24H24N2O4S/c27-21(18-14-6-8-15(9-7-14)19(18)24(29)30)26-23-20(22(28)25-16-10-11-16)17(12-31-23)13-4-2-1-3-5-13/h1-6,8,12,14-16,18-19H,7,9-11H2,(H,25,28)(H,26,27)(H,29,30)/t14-,15-,18-,19+/m0/s1. The highest BCUT2D eigenvalue weighted by atomic mass is 32.1. The molecule has 2 aromatic rings. The second-order valence-corrected chi connectivity index (χ2v) is 9.52. The van der Waals surface area contributed by atoms with Gasteiger partial charge in [-0.1, -0.05) is 42.5 Å². The van der Waals surface area contributed by atoms with Gasteiger partial charge in [-0.15, -0.1) is 11.3 Å². The number of fused-ring (bicyclic) bond motifs is 2. The number of aliphatic carboxylic acids is 1. The highest BCUT2D eigenvalue weighted by molar-refractivity contribution is 7.15. The van der Waals surface area contributed by atoms with E-state index in [1.165, 1.54) is 11.3 Å². The number of carbonyl (C=O) groups is 3. The highest BCUT2D eigenvalue weighted by Crippen LogP contribution is 2.46. The fourth-order valence-corrected chi connectivity index (χ4v) is 5.84. The van der Waals surface area contributed by atoms with Crippen molar-refractivity contribution in [2.24, 2.45) is 23.7 Å². The zero-order valence-corrected chi connectivity index (χ0v) is 17.7. The van der Waals surface area contributed by atoms with E-state index >= 15 is 0 Å². The maximum Gasteiger partial charge on any atom is 0.307 e. The number of carboxylic acids is 1. The van der Waals surface area contributed by atoms with E-state index in [1.54, 1.807) is 0 Å². The molecule has 1 aromatic carbocycles. The lowest BCUT2D eigenvalue weighted by Gasteiger charge is -2.41. The third kappa shape index (κ3) is 3.78. The van der Waals surface area contributed by atoms with E-state index in [9.17, 15) is 19.5 Å². The average molecular weight is 437 g/mol. The predicted molar refractivity (Wildman–Crippen MR) is 119 cm³/mol. The molecule has 160 valence electrons. The van der Waals surface area contributed by atoms with Gasteiger partial charge in [0.1, 0.15) is 5.00 Å². The first-order valence-electron chi connectivity index (χ1n) is 10.7. The van der Waals surface area contributed by atoms with Crippen molar-refractivity contribution in [3.8, 4) is 11.1 Å². The number of thiophene rings is 1. The first-order chi connectivity index (χ1) is 15.0. The van der Waals surface area contributed by atoms with E-state index in [0.29, 0.717) is 10.6 Å². The molecule has 1 heterocycles. The molecular formula is C24H24N2O4S. The summed E-state index contributed by atoms with van der Waals surface area (Å²) in [4.78, 5) is 38.3. The van der Waals surface area contributed by atoms with Gasteiger partial charge in [-0.3, -0.25) is 14.4 Å². The fourth-order valence-electron chi connectivity index (χ4n) is 4.87. The topological polar surface area (TPSA) is 95.5 Å². The van der Waals surface area contributed by atoms with Crippen molar-refractivity contribution in [2.45, 2.75) is 31.7 Å². The summed E-state index contributed by atoms with van der Waals surface area (Å²) in [7, 11) is 0. The van der Waals surface area contributed by atoms with Crippen molar-refractivity contribution in [1.29, 1.82) is 0 Å². The molecule has 2 amide bonds. The maximum absolute atomic E-state index is 13.3. The third-order valence-electron chi connectivity index (χ3n) is 6.59. The van der Waals surface area contributed by atoms with Crippen molar-refractivity contribution in [1.82, 2.24) is 5.32 Å². The summed E-state index contributed by atoms with van der Waals surface area (Å²) in [5.41, 5.74) is 2.14. The molecule has 6 rings (SSSR count). The molecule has 1 aromatic heterocycles. The van der Waals surface area contributed by atoms with Crippen LogP contribution in [0, 0.1) is 23.7 Å². The van der Waals surface area contributed by atoms with Crippen LogP contribution in [-0.2, 0) is 9.59 Å². The minimum atomic E-state index is -0.929. The number of carboxylic acid groups (broad SMARTS) is 1. The monoisotopic (exact) mass is 436 g/mol. The van der Waals surface area contributed by atoms with Crippen LogP contribution in [-0.4, -0.2) is 28.9 Å². The Balaban J connectivity index is 1.46. The SMILES string of the molecule is O=C(NC1CC1)c1c(-c2ccccc2)csc1NC(=O)[C@@H]1[C@H](C(=O)O)[C@H]2C=C[C@H]1CC2. The number of anilines is 1. The maximum atomic E-state index is 13.3. The Bertz CT molecular complexity index is 1060. The second kappa shape index (κ2) is 7.96. The number of hydrogen-bond acceptors (Lipinski definition) is 4. The molecule has 2 saturated carbocycles. The Morgan fingerprint density at radius 1 is 0.935 bits per heavy atom. The Morgan fingerprint density at radius 3 is 2.23 bits per heavy atom. The van der Waals surface area contributed by atoms with Crippen LogP contribution in [0.3, 0.4) is 0 Å². The Hall–Kier alpha value is -2.93. The van der Waals surface area contributed by atoms with Gasteiger partial charge in [0.2, 0.25) is 5.91 Å². The van der Waals surface area contributed by atoms with E-state index in [0.717, 1.165) is 36.8 Å². The van der Waals surface area contributed by atoms with Crippen LogP contribution in [0.1, 0.15) is 36.0 Å². The van der Waals surface area contributed by atoms with Crippen molar-refractivity contribution >= 4 is 34.1 Å². The summed E-state index contributed by atoms with van der Waals surface area (Å²) in [6.45, 7) is 0. The van der Waals surface area contributed by atoms with Crippen molar-refractivity contribution < 1.29 is 19.5 Å². The molecule has 4 aliphatic carbocycles. The van der Waals surface area contributed by atoms with Gasteiger partial charge in [-0.25, -0.2) is 0 Å². The van der Waals surface area contributed by atoms with Gasteiger partial charge in [0.05, 0.1) is 17.4 Å². The zero-order valence-electron chi connectivity index (χ0n) is 16.9. The largest absolute Gasteiger partial charge is 0.481 e. The lowest BCUT2D eigenvalue weighted by molar-refractivity contribution is -0.151. The normalized spacial score (nSPS) is 26.5. The van der Waals surface area contributed by atoms with E-state index in [-0.39, 0.29) is 29.7 Å². The molecule has 2 fully saturated rings. The van der Waals surface area contributed by atoms with Gasteiger partial charge in [-0.2, -0.15) is 0 Å². The first kappa shape index (κ1) is 20.0. The van der Waals surface area contributed by atoms with E-state index in [4.69, 9.17) is 0 Å². The minimum Gasteiger partial charge on any atom is -0.481 e. The summed E-state index contributed by atoms with van der Waals surface area (Å²) in [6, 6.07) is 9.81. The van der Waals surface area contributed by atoms with E-state index in [2.05, 4.69) is 10.6 Å². The molecule has 7 heteroatoms. The summed E-state index contributed by atoms with van der Waals surface area (Å²) in [5, 5.41) is 18.1. The number of benzene rings is 1. The van der Waals surface area contributed by atoms with Crippen molar-refractivity contribution in [3.05, 3.63) is 53.4 Å². The smallest absolute Gasteiger partial charge is 0.307 e. The predicted octanol–water partition coefficient (Wildman–Crippen LogP) is 4.16. The number of carbonyl (C=O) groups excluding carboxylic acids is 2. The van der Waals surface area contributed by atoms with Gasteiger partial charge < -0.3 is 15.7 Å². The van der Waals surface area contributed by atoms with Crippen LogP contribution in [0.5, 0.6) is 0 Å². The number of nitrogens with one attached hydrogen (secondary N) is 2. The molecular weight excluding hydrogens is 412 g/mol. The van der Waals surface area contributed by atoms with Crippen LogP contribution in [0.25, 0.3) is 11.1 Å². The Kier molecular flexibility index (Phi) is 5.14. The number of hydrogen-bond donors (Lipinski definition) is 3. The molecule has 0 unspecified atom stereocenters. The van der Waals surface area contributed by atoms with Crippen LogP contribution < -0.4 is 10.6 Å². The Labute approximate surface area is 184 Å². The van der Waals surface area contributed by atoms with Gasteiger partial charge in [0, 0.05) is 17.0 Å². The molecule has 0 saturated heterocycles. The van der Waals surface area contributed by atoms with Crippen molar-refractivity contribution in [3.63, 3.8) is 0 Å². The number of rotatable bonds is 6. The second-order valence-electron chi connectivity index (χ2n) is 8.64. The molecule has 31 heavy (non-hydrogen) atoms. The molecule has 4 aliphatic rings. The molecule has 0 radical (unpaired) electrons. The van der Waals surface area contributed by atoms with Gasteiger partial charge in [0.25, 0.3) is 5.91 Å². The molecule has 3 N–H and O–H groups in total. The van der Waals surface area contributed by atoms with Crippen LogP contribution >= 0.6 is 11.3 Å². The molecule has 0 aliphatic heterocycles. The quantitative estimate of drug-likeness (QED) is 0.593. The highest BCUT2D eigenvalue weighted by Gasteiger charge is 2.48. The van der Waals surface area contributed by atoms with Gasteiger partial charge in [-0.05, 0) is 43.1 Å². The van der Waals surface area contributed by atoms with Crippen LogP contribution in [0.4, 0.5) is 5.00 Å². The third-order valence-corrected chi connectivity index (χ3v) is 7.48. The summed E-state index contributed by atoms with van der Waals surface area (Å²) in [5.74, 6) is -2.97. The Morgan fingerprint density at radius 2 is 1.61 bits per heavy atom. The minimum absolute atomic E-state index is 0.0802. The zero-order chi connectivity index (χ0) is 21.5. The van der Waals surface area contributed by atoms with Crippen LogP contribution in [0.15, 0.2) is 47.9 Å².